The summed E-state index contributed by atoms with van der Waals surface area (Å²) < 4.78 is 8.23. The Hall–Kier alpha value is -2.01. The molecule has 1 amide bonds. The molecule has 2 aliphatic heterocycles. The molecule has 1 fully saturated rings. The molecule has 0 radical (unpaired) electrons. The number of carbonyl (C=O) groups excluding carboxylic acids is 1. The topological polar surface area (TPSA) is 104 Å². The van der Waals surface area contributed by atoms with Crippen molar-refractivity contribution in [2.75, 3.05) is 6.61 Å². The third-order valence-electron chi connectivity index (χ3n) is 7.53. The Morgan fingerprint density at radius 2 is 2.03 bits per heavy atom. The number of aliphatic carboxylic acids is 1. The van der Waals surface area contributed by atoms with Gasteiger partial charge in [0, 0.05) is 30.7 Å². The maximum Gasteiger partial charge on any atom is 0.352 e. The van der Waals surface area contributed by atoms with Gasteiger partial charge in [0.05, 0.1) is 28.6 Å². The van der Waals surface area contributed by atoms with E-state index >= 15 is 0 Å². The van der Waals surface area contributed by atoms with Crippen LogP contribution in [0.3, 0.4) is 0 Å². The highest BCUT2D eigenvalue weighted by atomic mass is 32.1. The summed E-state index contributed by atoms with van der Waals surface area (Å²) in [5, 5.41) is 20.1. The van der Waals surface area contributed by atoms with Crippen molar-refractivity contribution in [2.24, 2.45) is 11.8 Å². The zero-order valence-corrected chi connectivity index (χ0v) is 22.1. The lowest BCUT2D eigenvalue weighted by Crippen LogP contribution is -2.63. The summed E-state index contributed by atoms with van der Waals surface area (Å²) >= 11 is 1.49. The molecular formula is C23H33N3O5SSi. The van der Waals surface area contributed by atoms with E-state index in [1.165, 1.54) is 16.2 Å². The van der Waals surface area contributed by atoms with E-state index in [0.29, 0.717) is 18.6 Å². The largest absolute Gasteiger partial charge is 0.477 e. The molecule has 0 aliphatic carbocycles. The van der Waals surface area contributed by atoms with Crippen molar-refractivity contribution in [1.29, 1.82) is 0 Å². The first kappa shape index (κ1) is 24.1. The maximum atomic E-state index is 12.6. The molecule has 10 heteroatoms. The van der Waals surface area contributed by atoms with E-state index in [-0.39, 0.29) is 28.6 Å². The van der Waals surface area contributed by atoms with Gasteiger partial charge in [0.15, 0.2) is 8.32 Å². The number of amides is 1. The Kier molecular flexibility index (Phi) is 5.88. The Balaban J connectivity index is 1.62. The molecule has 4 heterocycles. The van der Waals surface area contributed by atoms with Crippen molar-refractivity contribution < 1.29 is 24.2 Å². The van der Waals surface area contributed by atoms with Crippen molar-refractivity contribution in [2.45, 2.75) is 71.3 Å². The number of aromatic nitrogens is 2. The van der Waals surface area contributed by atoms with Crippen LogP contribution < -0.4 is 0 Å². The van der Waals surface area contributed by atoms with E-state index in [1.807, 2.05) is 17.5 Å². The first-order valence-corrected chi connectivity index (χ1v) is 15.1. The molecule has 0 saturated carbocycles. The lowest BCUT2D eigenvalue weighted by atomic mass is 9.77. The number of thiazole rings is 1. The summed E-state index contributed by atoms with van der Waals surface area (Å²) in [5.41, 5.74) is 1.62. The number of nitrogens with zero attached hydrogens (tertiary/aromatic N) is 3. The van der Waals surface area contributed by atoms with Crippen molar-refractivity contribution in [3.63, 3.8) is 0 Å². The molecule has 180 valence electrons. The highest BCUT2D eigenvalue weighted by Gasteiger charge is 2.60. The van der Waals surface area contributed by atoms with Gasteiger partial charge in [-0.05, 0) is 25.1 Å². The molecule has 2 aromatic rings. The van der Waals surface area contributed by atoms with Gasteiger partial charge >= 0.3 is 5.97 Å². The molecule has 0 unspecified atom stereocenters. The quantitative estimate of drug-likeness (QED) is 0.453. The van der Waals surface area contributed by atoms with E-state index in [2.05, 4.69) is 38.8 Å². The number of hydrogen-bond donors (Lipinski definition) is 2. The second-order valence-corrected chi connectivity index (χ2v) is 16.5. The van der Waals surface area contributed by atoms with Gasteiger partial charge in [-0.3, -0.25) is 9.20 Å². The normalized spacial score (nSPS) is 24.4. The fourth-order valence-electron chi connectivity index (χ4n) is 4.66. The highest BCUT2D eigenvalue weighted by molar-refractivity contribution is 7.18. The smallest absolute Gasteiger partial charge is 0.352 e. The molecule has 1 saturated heterocycles. The second-order valence-electron chi connectivity index (χ2n) is 10.7. The van der Waals surface area contributed by atoms with Gasteiger partial charge in [-0.15, -0.1) is 11.3 Å². The van der Waals surface area contributed by atoms with Gasteiger partial charge in [0.1, 0.15) is 16.9 Å². The Morgan fingerprint density at radius 3 is 2.61 bits per heavy atom. The predicted octanol–water partition coefficient (Wildman–Crippen LogP) is 3.61. The molecule has 2 aliphatic rings. The van der Waals surface area contributed by atoms with Crippen molar-refractivity contribution >= 4 is 41.9 Å². The number of carboxylic acid groups (broad SMARTS) is 1. The van der Waals surface area contributed by atoms with Crippen LogP contribution in [0.4, 0.5) is 0 Å². The Morgan fingerprint density at radius 1 is 1.36 bits per heavy atom. The minimum Gasteiger partial charge on any atom is -0.477 e. The Labute approximate surface area is 199 Å². The number of hydrogen-bond acceptors (Lipinski definition) is 6. The van der Waals surface area contributed by atoms with Gasteiger partial charge in [0.2, 0.25) is 5.91 Å². The summed E-state index contributed by atoms with van der Waals surface area (Å²) in [7, 11) is -1.85. The van der Waals surface area contributed by atoms with Crippen LogP contribution in [0.1, 0.15) is 45.2 Å². The molecule has 0 bridgehead atoms. The number of aliphatic hydroxyl groups is 1. The van der Waals surface area contributed by atoms with Gasteiger partial charge in [-0.25, -0.2) is 9.78 Å². The van der Waals surface area contributed by atoms with E-state index in [4.69, 9.17) is 4.43 Å². The van der Waals surface area contributed by atoms with E-state index in [9.17, 15) is 19.8 Å². The predicted molar refractivity (Wildman–Crippen MR) is 129 cm³/mol. The van der Waals surface area contributed by atoms with Crippen LogP contribution in [0, 0.1) is 11.8 Å². The maximum absolute atomic E-state index is 12.6. The minimum absolute atomic E-state index is 0.0367. The summed E-state index contributed by atoms with van der Waals surface area (Å²) in [5.74, 6) is -2.18. The molecule has 2 N–H and O–H groups in total. The van der Waals surface area contributed by atoms with Gasteiger partial charge in [0.25, 0.3) is 0 Å². The number of β-lactam (4-membered cyclic amide) rings is 1. The standard InChI is InChI=1S/C23H33N3O5SSi/c1-12-16(19(22(29)30)26-18(12)17(13(2)27)20(26)28)15-10-25-11-24-14(21(25)32-15)8-9-31-33(6,7)23(3,4)5/h10-13,17-18,27H,8-9H2,1-7H3,(H,29,30)/t12-,13+,17+,18+/m0/s1. The SMILES string of the molecule is C[C@@H](O)[C@H]1C(=O)N2C(C(=O)O)=C(c3cn4cnc(CCO[Si](C)(C)C(C)(C)C)c4s3)[C@H](C)[C@H]12. The number of rotatable bonds is 7. The van der Waals surface area contributed by atoms with Crippen LogP contribution in [-0.4, -0.2) is 63.4 Å². The van der Waals surface area contributed by atoms with E-state index in [1.54, 1.807) is 13.3 Å². The molecule has 2 aromatic heterocycles. The van der Waals surface area contributed by atoms with Gasteiger partial charge < -0.3 is 19.5 Å². The first-order chi connectivity index (χ1) is 15.3. The molecule has 33 heavy (non-hydrogen) atoms. The number of carbonyl (C=O) groups is 2. The van der Waals surface area contributed by atoms with Crippen molar-refractivity contribution in [3.8, 4) is 0 Å². The Bertz CT molecular complexity index is 1140. The average molecular weight is 492 g/mol. The van der Waals surface area contributed by atoms with Crippen LogP contribution in [0.25, 0.3) is 10.4 Å². The molecule has 0 spiro atoms. The molecular weight excluding hydrogens is 458 g/mol. The van der Waals surface area contributed by atoms with Crippen LogP contribution >= 0.6 is 11.3 Å². The summed E-state index contributed by atoms with van der Waals surface area (Å²) in [6, 6.07) is -0.323. The van der Waals surface area contributed by atoms with Crippen molar-refractivity contribution in [1.82, 2.24) is 14.3 Å². The number of carboxylic acids is 1. The summed E-state index contributed by atoms with van der Waals surface area (Å²) in [6.07, 6.45) is 3.51. The van der Waals surface area contributed by atoms with Crippen LogP contribution in [0.5, 0.6) is 0 Å². The fourth-order valence-corrected chi connectivity index (χ4v) is 6.95. The lowest BCUT2D eigenvalue weighted by Gasteiger charge is -2.46. The lowest BCUT2D eigenvalue weighted by molar-refractivity contribution is -0.163. The highest BCUT2D eigenvalue weighted by Crippen LogP contribution is 2.51. The van der Waals surface area contributed by atoms with Crippen LogP contribution in [0.2, 0.25) is 18.1 Å². The third kappa shape index (κ3) is 3.76. The van der Waals surface area contributed by atoms with Crippen LogP contribution in [-0.2, 0) is 20.4 Å². The van der Waals surface area contributed by atoms with E-state index in [0.717, 1.165) is 15.4 Å². The molecule has 4 atom stereocenters. The monoisotopic (exact) mass is 491 g/mol. The fraction of sp³-hybridized carbons (Fsp3) is 0.609. The van der Waals surface area contributed by atoms with Gasteiger partial charge in [-0.2, -0.15) is 0 Å². The summed E-state index contributed by atoms with van der Waals surface area (Å²) in [6.45, 7) is 15.2. The number of fused-ring (bicyclic) bond motifs is 2. The first-order valence-electron chi connectivity index (χ1n) is 11.3. The summed E-state index contributed by atoms with van der Waals surface area (Å²) in [4.78, 5) is 32.4. The minimum atomic E-state index is -1.85. The second kappa shape index (κ2) is 8.04. The average Bonchev–Trinajstić information content (AvgIpc) is 3.31. The third-order valence-corrected chi connectivity index (χ3v) is 13.3. The van der Waals surface area contributed by atoms with E-state index < -0.39 is 26.3 Å². The zero-order valence-electron chi connectivity index (χ0n) is 20.2. The number of imidazole rings is 1. The van der Waals surface area contributed by atoms with Gasteiger partial charge in [-0.1, -0.05) is 27.7 Å². The van der Waals surface area contributed by atoms with Crippen LogP contribution in [0.15, 0.2) is 18.2 Å². The molecule has 0 aromatic carbocycles. The molecule has 8 nitrogen and oxygen atoms in total. The number of aliphatic hydroxyl groups excluding tert-OH is 1. The molecule has 4 rings (SSSR count). The zero-order chi connectivity index (χ0) is 24.5. The van der Waals surface area contributed by atoms with Crippen molar-refractivity contribution in [3.05, 3.63) is 28.8 Å².